The maximum atomic E-state index is 12.1. The molecule has 1 amide bonds. The lowest BCUT2D eigenvalue weighted by atomic mass is 9.97. The van der Waals surface area contributed by atoms with Crippen molar-refractivity contribution in [3.05, 3.63) is 28.2 Å². The molecule has 0 unspecified atom stereocenters. The minimum atomic E-state index is -0.145. The fourth-order valence-electron chi connectivity index (χ4n) is 2.57. The first kappa shape index (κ1) is 17.0. The van der Waals surface area contributed by atoms with E-state index in [0.717, 1.165) is 41.7 Å². The molecular weight excluding hydrogens is 348 g/mol. The van der Waals surface area contributed by atoms with Crippen molar-refractivity contribution >= 4 is 33.5 Å². The largest absolute Gasteiger partial charge is 0.469 e. The minimum Gasteiger partial charge on any atom is -0.469 e. The van der Waals surface area contributed by atoms with E-state index in [-0.39, 0.29) is 17.8 Å². The van der Waals surface area contributed by atoms with Crippen LogP contribution in [0.15, 0.2) is 22.7 Å². The van der Waals surface area contributed by atoms with Gasteiger partial charge in [0.05, 0.1) is 19.6 Å². The number of anilines is 1. The number of halogens is 1. The predicted octanol–water partition coefficient (Wildman–Crippen LogP) is 2.58. The highest BCUT2D eigenvalue weighted by atomic mass is 79.9. The lowest BCUT2D eigenvalue weighted by Crippen LogP contribution is -2.41. The van der Waals surface area contributed by atoms with E-state index in [1.54, 1.807) is 0 Å². The van der Waals surface area contributed by atoms with Gasteiger partial charge in [0.15, 0.2) is 0 Å². The zero-order valence-corrected chi connectivity index (χ0v) is 14.5. The van der Waals surface area contributed by atoms with Gasteiger partial charge in [0.2, 0.25) is 5.91 Å². The number of likely N-dealkylation sites (tertiary alicyclic amines) is 1. The first-order chi connectivity index (χ1) is 10.5. The molecule has 1 aliphatic heterocycles. The van der Waals surface area contributed by atoms with Gasteiger partial charge in [-0.05, 0) is 50.6 Å². The van der Waals surface area contributed by atoms with Crippen LogP contribution >= 0.6 is 15.9 Å². The summed E-state index contributed by atoms with van der Waals surface area (Å²) in [6.07, 6.45) is 1.49. The smallest absolute Gasteiger partial charge is 0.308 e. The standard InChI is InChI=1S/C16H21BrN2O3/c1-11-3-4-13(9-14(11)17)18-15(20)10-19-7-5-12(6-8-19)16(21)22-2/h3-4,9,12H,5-8,10H2,1-2H3,(H,18,20). The second kappa shape index (κ2) is 7.74. The molecular formula is C16H21BrN2O3. The fourth-order valence-corrected chi connectivity index (χ4v) is 2.95. The number of carbonyl (C=O) groups excluding carboxylic acids is 2. The molecule has 120 valence electrons. The molecule has 0 aromatic heterocycles. The van der Waals surface area contributed by atoms with Crippen LogP contribution in [0.5, 0.6) is 0 Å². The number of nitrogens with zero attached hydrogens (tertiary/aromatic N) is 1. The van der Waals surface area contributed by atoms with E-state index in [1.807, 2.05) is 25.1 Å². The van der Waals surface area contributed by atoms with E-state index in [9.17, 15) is 9.59 Å². The number of rotatable bonds is 4. The van der Waals surface area contributed by atoms with Gasteiger partial charge in [0.25, 0.3) is 0 Å². The zero-order chi connectivity index (χ0) is 16.1. The molecule has 1 aliphatic rings. The van der Waals surface area contributed by atoms with Gasteiger partial charge in [-0.3, -0.25) is 14.5 Å². The number of amides is 1. The van der Waals surface area contributed by atoms with E-state index >= 15 is 0 Å². The zero-order valence-electron chi connectivity index (χ0n) is 12.9. The Bertz CT molecular complexity index is 554. The minimum absolute atomic E-state index is 0.0302. The molecule has 1 aromatic carbocycles. The summed E-state index contributed by atoms with van der Waals surface area (Å²) in [6.45, 7) is 3.83. The van der Waals surface area contributed by atoms with Gasteiger partial charge in [-0.2, -0.15) is 0 Å². The van der Waals surface area contributed by atoms with Crippen LogP contribution in [0.4, 0.5) is 5.69 Å². The molecule has 0 saturated carbocycles. The Morgan fingerprint density at radius 2 is 2.05 bits per heavy atom. The summed E-state index contributed by atoms with van der Waals surface area (Å²) < 4.78 is 5.74. The number of piperidine rings is 1. The van der Waals surface area contributed by atoms with E-state index in [2.05, 4.69) is 26.1 Å². The number of esters is 1. The van der Waals surface area contributed by atoms with Crippen LogP contribution in [0.2, 0.25) is 0 Å². The summed E-state index contributed by atoms with van der Waals surface area (Å²) in [5.41, 5.74) is 1.91. The van der Waals surface area contributed by atoms with Crippen molar-refractivity contribution in [2.45, 2.75) is 19.8 Å². The van der Waals surface area contributed by atoms with Crippen LogP contribution in [0.25, 0.3) is 0 Å². The third kappa shape index (κ3) is 4.55. The van der Waals surface area contributed by atoms with Gasteiger partial charge in [-0.25, -0.2) is 0 Å². The summed E-state index contributed by atoms with van der Waals surface area (Å²) in [5, 5.41) is 2.90. The van der Waals surface area contributed by atoms with Crippen LogP contribution < -0.4 is 5.32 Å². The van der Waals surface area contributed by atoms with Crippen molar-refractivity contribution in [3.8, 4) is 0 Å². The lowest BCUT2D eigenvalue weighted by molar-refractivity contribution is -0.147. The van der Waals surface area contributed by atoms with Crippen LogP contribution in [0.3, 0.4) is 0 Å². The predicted molar refractivity (Wildman–Crippen MR) is 88.7 cm³/mol. The summed E-state index contributed by atoms with van der Waals surface area (Å²) in [5.74, 6) is -0.210. The number of hydrogen-bond donors (Lipinski definition) is 1. The average Bonchev–Trinajstić information content (AvgIpc) is 2.51. The summed E-state index contributed by atoms with van der Waals surface area (Å²) in [7, 11) is 1.42. The van der Waals surface area contributed by atoms with E-state index in [0.29, 0.717) is 6.54 Å². The van der Waals surface area contributed by atoms with Crippen molar-refractivity contribution in [3.63, 3.8) is 0 Å². The molecule has 2 rings (SSSR count). The third-order valence-electron chi connectivity index (χ3n) is 3.94. The van der Waals surface area contributed by atoms with Crippen LogP contribution in [-0.2, 0) is 14.3 Å². The van der Waals surface area contributed by atoms with E-state index in [1.165, 1.54) is 7.11 Å². The first-order valence-corrected chi connectivity index (χ1v) is 8.15. The normalized spacial score (nSPS) is 16.3. The van der Waals surface area contributed by atoms with Crippen molar-refractivity contribution in [1.82, 2.24) is 4.90 Å². The number of nitrogens with one attached hydrogen (secondary N) is 1. The van der Waals surface area contributed by atoms with Gasteiger partial charge in [0.1, 0.15) is 0 Å². The highest BCUT2D eigenvalue weighted by Crippen LogP contribution is 2.21. The molecule has 0 atom stereocenters. The van der Waals surface area contributed by atoms with Gasteiger partial charge in [-0.1, -0.05) is 22.0 Å². The summed E-state index contributed by atoms with van der Waals surface area (Å²) >= 11 is 3.46. The molecule has 1 heterocycles. The maximum absolute atomic E-state index is 12.1. The van der Waals surface area contributed by atoms with Crippen LogP contribution in [0, 0.1) is 12.8 Å². The Kier molecular flexibility index (Phi) is 5.97. The Hall–Kier alpha value is -1.40. The topological polar surface area (TPSA) is 58.6 Å². The third-order valence-corrected chi connectivity index (χ3v) is 4.80. The van der Waals surface area contributed by atoms with Crippen LogP contribution in [-0.4, -0.2) is 43.5 Å². The van der Waals surface area contributed by atoms with Gasteiger partial charge >= 0.3 is 5.97 Å². The number of carbonyl (C=O) groups is 2. The number of methoxy groups -OCH3 is 1. The maximum Gasteiger partial charge on any atom is 0.308 e. The number of hydrogen-bond acceptors (Lipinski definition) is 4. The highest BCUT2D eigenvalue weighted by molar-refractivity contribution is 9.10. The van der Waals surface area contributed by atoms with Crippen molar-refractivity contribution in [1.29, 1.82) is 0 Å². The number of benzene rings is 1. The Morgan fingerprint density at radius 3 is 2.64 bits per heavy atom. The molecule has 1 N–H and O–H groups in total. The molecule has 0 aliphatic carbocycles. The quantitative estimate of drug-likeness (QED) is 0.829. The van der Waals surface area contributed by atoms with Gasteiger partial charge in [0, 0.05) is 10.2 Å². The second-order valence-corrected chi connectivity index (χ2v) is 6.44. The molecule has 0 spiro atoms. The molecule has 5 nitrogen and oxygen atoms in total. The average molecular weight is 369 g/mol. The monoisotopic (exact) mass is 368 g/mol. The van der Waals surface area contributed by atoms with Gasteiger partial charge < -0.3 is 10.1 Å². The Labute approximate surface area is 139 Å². The number of ether oxygens (including phenoxy) is 1. The number of aryl methyl sites for hydroxylation is 1. The summed E-state index contributed by atoms with van der Waals surface area (Å²) in [6, 6.07) is 5.75. The van der Waals surface area contributed by atoms with Gasteiger partial charge in [-0.15, -0.1) is 0 Å². The molecule has 6 heteroatoms. The lowest BCUT2D eigenvalue weighted by Gasteiger charge is -2.29. The molecule has 0 bridgehead atoms. The second-order valence-electron chi connectivity index (χ2n) is 5.59. The van der Waals surface area contributed by atoms with Crippen molar-refractivity contribution in [2.24, 2.45) is 5.92 Å². The molecule has 22 heavy (non-hydrogen) atoms. The Balaban J connectivity index is 1.80. The van der Waals surface area contributed by atoms with Crippen molar-refractivity contribution in [2.75, 3.05) is 32.1 Å². The molecule has 0 radical (unpaired) electrons. The Morgan fingerprint density at radius 1 is 1.36 bits per heavy atom. The fraction of sp³-hybridized carbons (Fsp3) is 0.500. The first-order valence-electron chi connectivity index (χ1n) is 7.36. The summed E-state index contributed by atoms with van der Waals surface area (Å²) in [4.78, 5) is 25.6. The molecule has 1 fully saturated rings. The molecule has 1 aromatic rings. The van der Waals surface area contributed by atoms with Crippen LogP contribution in [0.1, 0.15) is 18.4 Å². The highest BCUT2D eigenvalue weighted by Gasteiger charge is 2.26. The van der Waals surface area contributed by atoms with Crippen molar-refractivity contribution < 1.29 is 14.3 Å². The molecule has 1 saturated heterocycles. The SMILES string of the molecule is COC(=O)C1CCN(CC(=O)Nc2ccc(C)c(Br)c2)CC1. The van der Waals surface area contributed by atoms with E-state index in [4.69, 9.17) is 4.74 Å². The van der Waals surface area contributed by atoms with E-state index < -0.39 is 0 Å².